The van der Waals surface area contributed by atoms with Gasteiger partial charge in [0.15, 0.2) is 0 Å². The molecule has 0 aliphatic rings. The highest BCUT2D eigenvalue weighted by Gasteiger charge is 2.21. The van der Waals surface area contributed by atoms with Crippen LogP contribution in [0.1, 0.15) is 33.6 Å². The van der Waals surface area contributed by atoms with Gasteiger partial charge in [0.1, 0.15) is 0 Å². The molecule has 0 aromatic rings. The van der Waals surface area contributed by atoms with Crippen LogP contribution in [0.3, 0.4) is 0 Å². The van der Waals surface area contributed by atoms with Gasteiger partial charge in [0.25, 0.3) is 0 Å². The first-order chi connectivity index (χ1) is 6.90. The zero-order valence-corrected chi connectivity index (χ0v) is 9.81. The van der Waals surface area contributed by atoms with Gasteiger partial charge in [-0.2, -0.15) is 0 Å². The molecule has 0 radical (unpaired) electrons. The van der Waals surface area contributed by atoms with Gasteiger partial charge in [0, 0.05) is 18.5 Å². The standard InChI is InChI=1S/C10H22N4O/c1-4-5-6-13-9(15)14-7-10(2,3)8(11)12/h4-7H2,1-3H3,(H3,11,12)(H2,13,14,15). The predicted octanol–water partition coefficient (Wildman–Crippen LogP) is 1.05. The summed E-state index contributed by atoms with van der Waals surface area (Å²) in [4.78, 5) is 11.3. The third-order valence-electron chi connectivity index (χ3n) is 2.24. The van der Waals surface area contributed by atoms with Gasteiger partial charge in [-0.25, -0.2) is 4.79 Å². The number of carbonyl (C=O) groups is 1. The van der Waals surface area contributed by atoms with Crippen LogP contribution in [0.5, 0.6) is 0 Å². The number of hydrogen-bond donors (Lipinski definition) is 4. The van der Waals surface area contributed by atoms with Crippen LogP contribution >= 0.6 is 0 Å². The summed E-state index contributed by atoms with van der Waals surface area (Å²) >= 11 is 0. The lowest BCUT2D eigenvalue weighted by molar-refractivity contribution is 0.238. The topological polar surface area (TPSA) is 91.0 Å². The van der Waals surface area contributed by atoms with E-state index in [-0.39, 0.29) is 11.9 Å². The van der Waals surface area contributed by atoms with Gasteiger partial charge in [-0.1, -0.05) is 27.2 Å². The third-order valence-corrected chi connectivity index (χ3v) is 2.24. The lowest BCUT2D eigenvalue weighted by Gasteiger charge is -2.23. The molecule has 0 fully saturated rings. The van der Waals surface area contributed by atoms with Gasteiger partial charge >= 0.3 is 6.03 Å². The number of unbranched alkanes of at least 4 members (excludes halogenated alkanes) is 1. The van der Waals surface area contributed by atoms with Crippen LogP contribution in [0, 0.1) is 10.8 Å². The molecule has 0 aliphatic carbocycles. The van der Waals surface area contributed by atoms with Crippen molar-refractivity contribution in [3.05, 3.63) is 0 Å². The highest BCUT2D eigenvalue weighted by Crippen LogP contribution is 2.11. The van der Waals surface area contributed by atoms with Gasteiger partial charge in [-0.3, -0.25) is 5.41 Å². The minimum atomic E-state index is -0.484. The maximum Gasteiger partial charge on any atom is 0.314 e. The highest BCUT2D eigenvalue weighted by molar-refractivity contribution is 5.84. The summed E-state index contributed by atoms with van der Waals surface area (Å²) in [6, 6.07) is -0.197. The summed E-state index contributed by atoms with van der Waals surface area (Å²) in [5, 5.41) is 12.7. The Labute approximate surface area is 91.3 Å². The molecule has 15 heavy (non-hydrogen) atoms. The van der Waals surface area contributed by atoms with E-state index >= 15 is 0 Å². The lowest BCUT2D eigenvalue weighted by Crippen LogP contribution is -2.45. The fourth-order valence-electron chi connectivity index (χ4n) is 0.838. The van der Waals surface area contributed by atoms with E-state index < -0.39 is 5.41 Å². The number of nitrogens with one attached hydrogen (secondary N) is 3. The summed E-state index contributed by atoms with van der Waals surface area (Å²) in [5.41, 5.74) is 4.91. The molecule has 0 saturated carbocycles. The van der Waals surface area contributed by atoms with Gasteiger partial charge in [-0.05, 0) is 6.42 Å². The molecule has 0 aromatic heterocycles. The van der Waals surface area contributed by atoms with Crippen molar-refractivity contribution < 1.29 is 4.79 Å². The molecule has 5 nitrogen and oxygen atoms in total. The van der Waals surface area contributed by atoms with E-state index in [1.807, 2.05) is 13.8 Å². The molecule has 2 amide bonds. The van der Waals surface area contributed by atoms with Gasteiger partial charge in [-0.15, -0.1) is 0 Å². The fourth-order valence-corrected chi connectivity index (χ4v) is 0.838. The molecule has 0 unspecified atom stereocenters. The first-order valence-corrected chi connectivity index (χ1v) is 5.26. The molecule has 5 heteroatoms. The summed E-state index contributed by atoms with van der Waals surface area (Å²) < 4.78 is 0. The summed E-state index contributed by atoms with van der Waals surface area (Å²) in [6.07, 6.45) is 2.03. The number of nitrogens with two attached hydrogens (primary N) is 1. The Morgan fingerprint density at radius 3 is 2.47 bits per heavy atom. The van der Waals surface area contributed by atoms with Crippen molar-refractivity contribution >= 4 is 11.9 Å². The smallest absolute Gasteiger partial charge is 0.314 e. The zero-order valence-electron chi connectivity index (χ0n) is 9.81. The molecule has 0 bridgehead atoms. The van der Waals surface area contributed by atoms with Crippen LogP contribution in [0.25, 0.3) is 0 Å². The van der Waals surface area contributed by atoms with Crippen LogP contribution in [0.4, 0.5) is 4.79 Å². The van der Waals surface area contributed by atoms with Crippen LogP contribution in [-0.4, -0.2) is 25.0 Å². The Bertz CT molecular complexity index is 225. The maximum absolute atomic E-state index is 11.3. The van der Waals surface area contributed by atoms with E-state index in [0.717, 1.165) is 12.8 Å². The average molecular weight is 214 g/mol. The minimum Gasteiger partial charge on any atom is -0.387 e. The third kappa shape index (κ3) is 5.93. The minimum absolute atomic E-state index is 0.0800. The second kappa shape index (κ2) is 6.27. The molecule has 0 spiro atoms. The van der Waals surface area contributed by atoms with Crippen LogP contribution in [-0.2, 0) is 0 Å². The second-order valence-corrected chi connectivity index (χ2v) is 4.26. The zero-order chi connectivity index (χ0) is 11.9. The molecule has 5 N–H and O–H groups in total. The molecule has 0 aromatic carbocycles. The van der Waals surface area contributed by atoms with Crippen molar-refractivity contribution in [2.45, 2.75) is 33.6 Å². The van der Waals surface area contributed by atoms with E-state index in [4.69, 9.17) is 11.1 Å². The molecular weight excluding hydrogens is 192 g/mol. The van der Waals surface area contributed by atoms with Gasteiger partial charge in [0.2, 0.25) is 0 Å². The number of urea groups is 1. The Kier molecular flexibility index (Phi) is 5.74. The largest absolute Gasteiger partial charge is 0.387 e. The monoisotopic (exact) mass is 214 g/mol. The number of hydrogen-bond acceptors (Lipinski definition) is 2. The second-order valence-electron chi connectivity index (χ2n) is 4.26. The van der Waals surface area contributed by atoms with Gasteiger partial charge in [0.05, 0.1) is 5.84 Å². The summed E-state index contributed by atoms with van der Waals surface area (Å²) in [6.45, 7) is 6.77. The van der Waals surface area contributed by atoms with Gasteiger partial charge < -0.3 is 16.4 Å². The molecule has 0 rings (SSSR count). The van der Waals surface area contributed by atoms with E-state index in [0.29, 0.717) is 13.1 Å². The maximum atomic E-state index is 11.3. The fraction of sp³-hybridized carbons (Fsp3) is 0.800. The predicted molar refractivity (Wildman–Crippen MR) is 62.0 cm³/mol. The highest BCUT2D eigenvalue weighted by atomic mass is 16.2. The van der Waals surface area contributed by atoms with E-state index in [9.17, 15) is 4.79 Å². The van der Waals surface area contributed by atoms with Crippen molar-refractivity contribution in [1.29, 1.82) is 5.41 Å². The lowest BCUT2D eigenvalue weighted by atomic mass is 9.92. The van der Waals surface area contributed by atoms with Crippen molar-refractivity contribution in [3.8, 4) is 0 Å². The average Bonchev–Trinajstić information content (AvgIpc) is 2.15. The summed E-state index contributed by atoms with van der Waals surface area (Å²) in [7, 11) is 0. The normalized spacial score (nSPS) is 10.9. The van der Waals surface area contributed by atoms with Crippen molar-refractivity contribution in [2.75, 3.05) is 13.1 Å². The molecule has 0 heterocycles. The van der Waals surface area contributed by atoms with Crippen LogP contribution in [0.15, 0.2) is 0 Å². The first kappa shape index (κ1) is 13.7. The number of carbonyl (C=O) groups excluding carboxylic acids is 1. The molecule has 0 aliphatic heterocycles. The van der Waals surface area contributed by atoms with Crippen molar-refractivity contribution in [3.63, 3.8) is 0 Å². The van der Waals surface area contributed by atoms with Crippen LogP contribution in [0.2, 0.25) is 0 Å². The Morgan fingerprint density at radius 2 is 2.00 bits per heavy atom. The Hall–Kier alpha value is -1.26. The number of rotatable bonds is 6. The first-order valence-electron chi connectivity index (χ1n) is 5.26. The quantitative estimate of drug-likeness (QED) is 0.302. The van der Waals surface area contributed by atoms with Crippen molar-refractivity contribution in [1.82, 2.24) is 10.6 Å². The molecule has 0 saturated heterocycles. The van der Waals surface area contributed by atoms with Crippen LogP contribution < -0.4 is 16.4 Å². The Balaban J connectivity index is 3.75. The SMILES string of the molecule is CCCCNC(=O)NCC(C)(C)C(=N)N. The van der Waals surface area contributed by atoms with E-state index in [1.165, 1.54) is 0 Å². The number of amides is 2. The van der Waals surface area contributed by atoms with Crippen molar-refractivity contribution in [2.24, 2.45) is 11.1 Å². The Morgan fingerprint density at radius 1 is 1.40 bits per heavy atom. The molecule has 88 valence electrons. The van der Waals surface area contributed by atoms with E-state index in [1.54, 1.807) is 0 Å². The molecular formula is C10H22N4O. The van der Waals surface area contributed by atoms with E-state index in [2.05, 4.69) is 17.6 Å². The number of amidine groups is 1. The summed E-state index contributed by atoms with van der Waals surface area (Å²) in [5.74, 6) is 0.0800. The molecule has 0 atom stereocenters.